The molecule has 0 aliphatic heterocycles. The van der Waals surface area contributed by atoms with Gasteiger partial charge in [-0.1, -0.05) is 81.5 Å². The molecule has 5 heteroatoms. The molecule has 0 spiro atoms. The molecule has 0 atom stereocenters. The van der Waals surface area contributed by atoms with E-state index in [-0.39, 0.29) is 0 Å². The van der Waals surface area contributed by atoms with Crippen LogP contribution in [0.1, 0.15) is 99.3 Å². The maximum absolute atomic E-state index is 13.7. The quantitative estimate of drug-likeness (QED) is 0.178. The SMILES string of the molecule is CCCCCCCCOC1CCC(c2ccc(/C=C/c3ccc(C(F)(F)F)c(F)c3)cc2)CC1. The van der Waals surface area contributed by atoms with Crippen molar-refractivity contribution in [2.45, 2.75) is 89.3 Å². The number of hydrogen-bond acceptors (Lipinski definition) is 1. The van der Waals surface area contributed by atoms with Crippen LogP contribution < -0.4 is 0 Å². The molecule has 186 valence electrons. The van der Waals surface area contributed by atoms with Gasteiger partial charge in [-0.3, -0.25) is 0 Å². The van der Waals surface area contributed by atoms with Crippen LogP contribution in [0, 0.1) is 5.82 Å². The van der Waals surface area contributed by atoms with Crippen LogP contribution in [-0.2, 0) is 10.9 Å². The lowest BCUT2D eigenvalue weighted by atomic mass is 9.82. The van der Waals surface area contributed by atoms with E-state index >= 15 is 0 Å². The Morgan fingerprint density at radius 1 is 0.824 bits per heavy atom. The van der Waals surface area contributed by atoms with E-state index in [1.54, 1.807) is 12.2 Å². The maximum Gasteiger partial charge on any atom is 0.419 e. The molecular weight excluding hydrogens is 440 g/mol. The Kier molecular flexibility index (Phi) is 10.2. The van der Waals surface area contributed by atoms with Gasteiger partial charge in [-0.2, -0.15) is 13.2 Å². The highest BCUT2D eigenvalue weighted by molar-refractivity contribution is 5.69. The smallest absolute Gasteiger partial charge is 0.378 e. The first-order valence-corrected chi connectivity index (χ1v) is 12.6. The van der Waals surface area contributed by atoms with E-state index in [0.29, 0.717) is 17.6 Å². The molecule has 0 saturated heterocycles. The number of benzene rings is 2. The molecule has 2 aromatic rings. The standard InChI is InChI=1S/C29H36F4O/c1-2-3-4-5-6-7-20-34-26-17-15-25(16-18-26)24-13-10-22(11-14-24)8-9-23-12-19-27(28(30)21-23)29(31,32)33/h8-14,19,21,25-26H,2-7,15-18,20H2,1H3/b9-8+. The molecule has 0 radical (unpaired) electrons. The van der Waals surface area contributed by atoms with E-state index < -0.39 is 17.6 Å². The molecule has 0 heterocycles. The predicted molar refractivity (Wildman–Crippen MR) is 131 cm³/mol. The molecule has 1 aliphatic rings. The van der Waals surface area contributed by atoms with Gasteiger partial charge in [-0.15, -0.1) is 0 Å². The molecular formula is C29H36F4O. The highest BCUT2D eigenvalue weighted by atomic mass is 19.4. The predicted octanol–water partition coefficient (Wildman–Crippen LogP) is 9.42. The van der Waals surface area contributed by atoms with Crippen molar-refractivity contribution in [3.8, 4) is 0 Å². The lowest BCUT2D eigenvalue weighted by Crippen LogP contribution is -2.21. The van der Waals surface area contributed by atoms with Crippen molar-refractivity contribution in [3.05, 3.63) is 70.5 Å². The third kappa shape index (κ3) is 8.26. The topological polar surface area (TPSA) is 9.23 Å². The normalized spacial score (nSPS) is 19.1. The van der Waals surface area contributed by atoms with Crippen LogP contribution in [0.15, 0.2) is 42.5 Å². The molecule has 0 aromatic heterocycles. The van der Waals surface area contributed by atoms with E-state index in [0.717, 1.165) is 56.4 Å². The van der Waals surface area contributed by atoms with Gasteiger partial charge in [0.05, 0.1) is 11.7 Å². The summed E-state index contributed by atoms with van der Waals surface area (Å²) in [5.41, 5.74) is 1.40. The van der Waals surface area contributed by atoms with Crippen LogP contribution in [0.2, 0.25) is 0 Å². The summed E-state index contributed by atoms with van der Waals surface area (Å²) in [6, 6.07) is 11.2. The van der Waals surface area contributed by atoms with E-state index in [4.69, 9.17) is 4.74 Å². The molecule has 0 amide bonds. The van der Waals surface area contributed by atoms with E-state index in [1.807, 2.05) is 12.1 Å². The molecule has 0 unspecified atom stereocenters. The minimum absolute atomic E-state index is 0.387. The molecule has 3 rings (SSSR count). The highest BCUT2D eigenvalue weighted by Gasteiger charge is 2.33. The van der Waals surface area contributed by atoms with E-state index in [9.17, 15) is 17.6 Å². The fourth-order valence-corrected chi connectivity index (χ4v) is 4.63. The van der Waals surface area contributed by atoms with Gasteiger partial charge < -0.3 is 4.74 Å². The van der Waals surface area contributed by atoms with Crippen molar-refractivity contribution in [2.75, 3.05) is 6.61 Å². The zero-order valence-corrected chi connectivity index (χ0v) is 20.0. The molecule has 2 aromatic carbocycles. The van der Waals surface area contributed by atoms with Crippen LogP contribution in [0.25, 0.3) is 12.2 Å². The summed E-state index contributed by atoms with van der Waals surface area (Å²) < 4.78 is 57.9. The summed E-state index contributed by atoms with van der Waals surface area (Å²) in [7, 11) is 0. The molecule has 1 nitrogen and oxygen atoms in total. The zero-order valence-electron chi connectivity index (χ0n) is 20.0. The number of unbranched alkanes of at least 4 members (excludes halogenated alkanes) is 5. The summed E-state index contributed by atoms with van der Waals surface area (Å²) in [6.07, 6.45) is 11.3. The monoisotopic (exact) mass is 476 g/mol. The summed E-state index contributed by atoms with van der Waals surface area (Å²) >= 11 is 0. The molecule has 1 fully saturated rings. The van der Waals surface area contributed by atoms with Gasteiger partial charge in [0.15, 0.2) is 0 Å². The van der Waals surface area contributed by atoms with Gasteiger partial charge in [0.25, 0.3) is 0 Å². The van der Waals surface area contributed by atoms with Gasteiger partial charge in [0, 0.05) is 6.61 Å². The van der Waals surface area contributed by atoms with Crippen molar-refractivity contribution in [1.82, 2.24) is 0 Å². The molecule has 34 heavy (non-hydrogen) atoms. The van der Waals surface area contributed by atoms with Crippen LogP contribution in [0.5, 0.6) is 0 Å². The summed E-state index contributed by atoms with van der Waals surface area (Å²) in [5, 5.41) is 0. The average Bonchev–Trinajstić information content (AvgIpc) is 2.82. The van der Waals surface area contributed by atoms with Crippen LogP contribution in [-0.4, -0.2) is 12.7 Å². The van der Waals surface area contributed by atoms with Crippen LogP contribution in [0.4, 0.5) is 17.6 Å². The first-order valence-electron chi connectivity index (χ1n) is 12.6. The number of rotatable bonds is 11. The fourth-order valence-electron chi connectivity index (χ4n) is 4.63. The van der Waals surface area contributed by atoms with E-state index in [1.165, 1.54) is 43.7 Å². The maximum atomic E-state index is 13.7. The molecule has 0 bridgehead atoms. The van der Waals surface area contributed by atoms with Gasteiger partial charge in [-0.05, 0) is 66.8 Å². The Balaban J connectivity index is 1.42. The Hall–Kier alpha value is -2.14. The van der Waals surface area contributed by atoms with Crippen molar-refractivity contribution >= 4 is 12.2 Å². The summed E-state index contributed by atoms with van der Waals surface area (Å²) in [4.78, 5) is 0. The Morgan fingerprint density at radius 2 is 1.44 bits per heavy atom. The van der Waals surface area contributed by atoms with Gasteiger partial charge in [0.1, 0.15) is 5.82 Å². The summed E-state index contributed by atoms with van der Waals surface area (Å²) in [5.74, 6) is -0.715. The van der Waals surface area contributed by atoms with Crippen molar-refractivity contribution < 1.29 is 22.3 Å². The fraction of sp³-hybridized carbons (Fsp3) is 0.517. The third-order valence-corrected chi connectivity index (χ3v) is 6.70. The molecule has 0 N–H and O–H groups in total. The van der Waals surface area contributed by atoms with E-state index in [2.05, 4.69) is 19.1 Å². The van der Waals surface area contributed by atoms with Crippen molar-refractivity contribution in [1.29, 1.82) is 0 Å². The van der Waals surface area contributed by atoms with Crippen molar-refractivity contribution in [2.24, 2.45) is 0 Å². The second-order valence-electron chi connectivity index (χ2n) is 9.35. The lowest BCUT2D eigenvalue weighted by Gasteiger charge is -2.29. The second kappa shape index (κ2) is 13.1. The zero-order chi connectivity index (χ0) is 24.4. The average molecular weight is 477 g/mol. The van der Waals surface area contributed by atoms with Crippen molar-refractivity contribution in [3.63, 3.8) is 0 Å². The second-order valence-corrected chi connectivity index (χ2v) is 9.35. The first-order chi connectivity index (χ1) is 16.4. The van der Waals surface area contributed by atoms with Crippen LogP contribution in [0.3, 0.4) is 0 Å². The molecule has 1 aliphatic carbocycles. The van der Waals surface area contributed by atoms with Crippen LogP contribution >= 0.6 is 0 Å². The van der Waals surface area contributed by atoms with Gasteiger partial charge >= 0.3 is 6.18 Å². The number of hydrogen-bond donors (Lipinski definition) is 0. The number of alkyl halides is 3. The first kappa shape index (κ1) is 26.5. The summed E-state index contributed by atoms with van der Waals surface area (Å²) in [6.45, 7) is 3.12. The largest absolute Gasteiger partial charge is 0.419 e. The number of ether oxygens (including phenoxy) is 1. The highest BCUT2D eigenvalue weighted by Crippen LogP contribution is 2.35. The lowest BCUT2D eigenvalue weighted by molar-refractivity contribution is -0.140. The molecule has 1 saturated carbocycles. The van der Waals surface area contributed by atoms with Gasteiger partial charge in [-0.25, -0.2) is 4.39 Å². The Bertz CT molecular complexity index is 893. The number of halogens is 4. The minimum atomic E-state index is -4.68. The Morgan fingerprint density at radius 3 is 2.09 bits per heavy atom. The van der Waals surface area contributed by atoms with Gasteiger partial charge in [0.2, 0.25) is 0 Å². The third-order valence-electron chi connectivity index (χ3n) is 6.70. The minimum Gasteiger partial charge on any atom is -0.378 e. The Labute approximate surface area is 201 Å².